The maximum atomic E-state index is 5.35. The first-order valence-electron chi connectivity index (χ1n) is 6.35. The van der Waals surface area contributed by atoms with Crippen LogP contribution in [0.25, 0.3) is 0 Å². The van der Waals surface area contributed by atoms with E-state index in [2.05, 4.69) is 36.5 Å². The molecule has 2 aromatic carbocycles. The van der Waals surface area contributed by atoms with E-state index in [-0.39, 0.29) is 0 Å². The predicted molar refractivity (Wildman–Crippen MR) is 78.2 cm³/mol. The predicted octanol–water partition coefficient (Wildman–Crippen LogP) is 2.94. The summed E-state index contributed by atoms with van der Waals surface area (Å²) in [5.74, 6) is 0. The second kappa shape index (κ2) is 9.40. The van der Waals surface area contributed by atoms with Crippen LogP contribution in [0.4, 0.5) is 0 Å². The SMILES string of the molecule is CCNCc1ccccc1.NCc1ccccc1. The minimum Gasteiger partial charge on any atom is -0.326 e. The largest absolute Gasteiger partial charge is 0.326 e. The van der Waals surface area contributed by atoms with Crippen molar-refractivity contribution in [2.75, 3.05) is 6.54 Å². The van der Waals surface area contributed by atoms with Gasteiger partial charge in [-0.1, -0.05) is 67.6 Å². The molecule has 0 heterocycles. The second-order valence-electron chi connectivity index (χ2n) is 3.96. The molecule has 0 aliphatic rings. The van der Waals surface area contributed by atoms with Crippen molar-refractivity contribution in [3.8, 4) is 0 Å². The van der Waals surface area contributed by atoms with Gasteiger partial charge in [0.1, 0.15) is 0 Å². The van der Waals surface area contributed by atoms with Gasteiger partial charge in [0.05, 0.1) is 0 Å². The molecule has 0 fully saturated rings. The monoisotopic (exact) mass is 242 g/mol. The Morgan fingerprint density at radius 3 is 1.72 bits per heavy atom. The summed E-state index contributed by atoms with van der Waals surface area (Å²) in [6.07, 6.45) is 0. The lowest BCUT2D eigenvalue weighted by atomic mass is 10.2. The highest BCUT2D eigenvalue weighted by atomic mass is 14.8. The van der Waals surface area contributed by atoms with Gasteiger partial charge in [0, 0.05) is 13.1 Å². The molecule has 0 aliphatic heterocycles. The van der Waals surface area contributed by atoms with Gasteiger partial charge in [0.25, 0.3) is 0 Å². The van der Waals surface area contributed by atoms with Crippen LogP contribution in [0.5, 0.6) is 0 Å². The van der Waals surface area contributed by atoms with Crippen LogP contribution in [-0.4, -0.2) is 6.54 Å². The third-order valence-electron chi connectivity index (χ3n) is 2.50. The lowest BCUT2D eigenvalue weighted by Crippen LogP contribution is -2.11. The van der Waals surface area contributed by atoms with Crippen molar-refractivity contribution in [1.82, 2.24) is 5.32 Å². The molecule has 0 amide bonds. The molecular weight excluding hydrogens is 220 g/mol. The molecule has 2 aromatic rings. The van der Waals surface area contributed by atoms with E-state index in [1.54, 1.807) is 0 Å². The third-order valence-corrected chi connectivity index (χ3v) is 2.50. The number of hydrogen-bond acceptors (Lipinski definition) is 2. The summed E-state index contributed by atoms with van der Waals surface area (Å²) in [4.78, 5) is 0. The normalized spacial score (nSPS) is 9.44. The van der Waals surface area contributed by atoms with Crippen molar-refractivity contribution in [3.63, 3.8) is 0 Å². The minimum absolute atomic E-state index is 0.640. The molecule has 0 bridgehead atoms. The molecule has 96 valence electrons. The van der Waals surface area contributed by atoms with Crippen molar-refractivity contribution < 1.29 is 0 Å². The van der Waals surface area contributed by atoms with Crippen LogP contribution in [0.15, 0.2) is 60.7 Å². The average Bonchev–Trinajstić information content (AvgIpc) is 2.48. The highest BCUT2D eigenvalue weighted by Gasteiger charge is 1.85. The van der Waals surface area contributed by atoms with Gasteiger partial charge in [-0.05, 0) is 17.7 Å². The van der Waals surface area contributed by atoms with E-state index in [9.17, 15) is 0 Å². The summed E-state index contributed by atoms with van der Waals surface area (Å²) in [5, 5.41) is 3.26. The molecule has 3 N–H and O–H groups in total. The van der Waals surface area contributed by atoms with Crippen molar-refractivity contribution in [2.24, 2.45) is 5.73 Å². The average molecular weight is 242 g/mol. The summed E-state index contributed by atoms with van der Waals surface area (Å²) in [7, 11) is 0. The summed E-state index contributed by atoms with van der Waals surface area (Å²) >= 11 is 0. The second-order valence-corrected chi connectivity index (χ2v) is 3.96. The molecule has 0 aromatic heterocycles. The first-order chi connectivity index (χ1) is 8.86. The Morgan fingerprint density at radius 2 is 1.33 bits per heavy atom. The van der Waals surface area contributed by atoms with E-state index in [1.807, 2.05) is 36.4 Å². The van der Waals surface area contributed by atoms with Crippen molar-refractivity contribution >= 4 is 0 Å². The zero-order valence-electron chi connectivity index (χ0n) is 11.0. The van der Waals surface area contributed by atoms with Crippen LogP contribution < -0.4 is 11.1 Å². The summed E-state index contributed by atoms with van der Waals surface area (Å²) in [5.41, 5.74) is 7.89. The van der Waals surface area contributed by atoms with Crippen molar-refractivity contribution in [1.29, 1.82) is 0 Å². The number of hydrogen-bond donors (Lipinski definition) is 2. The van der Waals surface area contributed by atoms with Crippen LogP contribution in [0.1, 0.15) is 18.1 Å². The molecule has 2 heteroatoms. The molecule has 0 atom stereocenters. The Bertz CT molecular complexity index is 398. The molecule has 0 saturated heterocycles. The maximum Gasteiger partial charge on any atom is 0.0205 e. The lowest BCUT2D eigenvalue weighted by molar-refractivity contribution is 0.727. The number of nitrogens with two attached hydrogens (primary N) is 1. The zero-order chi connectivity index (χ0) is 13.1. The van der Waals surface area contributed by atoms with Crippen molar-refractivity contribution in [3.05, 3.63) is 71.8 Å². The topological polar surface area (TPSA) is 38.0 Å². The maximum absolute atomic E-state index is 5.35. The van der Waals surface area contributed by atoms with Crippen LogP contribution in [-0.2, 0) is 13.1 Å². The van der Waals surface area contributed by atoms with Gasteiger partial charge in [-0.15, -0.1) is 0 Å². The van der Waals surface area contributed by atoms with E-state index in [0.717, 1.165) is 13.1 Å². The molecule has 18 heavy (non-hydrogen) atoms. The molecule has 0 radical (unpaired) electrons. The van der Waals surface area contributed by atoms with Crippen LogP contribution >= 0.6 is 0 Å². The summed E-state index contributed by atoms with van der Waals surface area (Å²) < 4.78 is 0. The van der Waals surface area contributed by atoms with Gasteiger partial charge >= 0.3 is 0 Å². The first-order valence-corrected chi connectivity index (χ1v) is 6.35. The number of rotatable bonds is 4. The molecular formula is C16H22N2. The summed E-state index contributed by atoms with van der Waals surface area (Å²) in [6, 6.07) is 20.4. The van der Waals surface area contributed by atoms with E-state index in [1.165, 1.54) is 11.1 Å². The van der Waals surface area contributed by atoms with E-state index < -0.39 is 0 Å². The molecule has 0 spiro atoms. The van der Waals surface area contributed by atoms with E-state index >= 15 is 0 Å². The van der Waals surface area contributed by atoms with Crippen LogP contribution in [0, 0.1) is 0 Å². The van der Waals surface area contributed by atoms with Gasteiger partial charge in [-0.3, -0.25) is 0 Å². The van der Waals surface area contributed by atoms with Crippen molar-refractivity contribution in [2.45, 2.75) is 20.0 Å². The number of benzene rings is 2. The standard InChI is InChI=1S/C9H13N.C7H9N/c1-2-10-8-9-6-4-3-5-7-9;8-6-7-4-2-1-3-5-7/h3-7,10H,2,8H2,1H3;1-5H,6,8H2. The Labute approximate surface area is 110 Å². The highest BCUT2D eigenvalue weighted by Crippen LogP contribution is 1.96. The van der Waals surface area contributed by atoms with E-state index in [0.29, 0.717) is 6.54 Å². The van der Waals surface area contributed by atoms with Gasteiger partial charge in [-0.25, -0.2) is 0 Å². The fourth-order valence-electron chi connectivity index (χ4n) is 1.48. The van der Waals surface area contributed by atoms with Gasteiger partial charge < -0.3 is 11.1 Å². The molecule has 0 saturated carbocycles. The van der Waals surface area contributed by atoms with Crippen LogP contribution in [0.3, 0.4) is 0 Å². The number of nitrogens with one attached hydrogen (secondary N) is 1. The molecule has 2 rings (SSSR count). The summed E-state index contributed by atoms with van der Waals surface area (Å²) in [6.45, 7) is 4.77. The molecule has 0 aliphatic carbocycles. The highest BCUT2D eigenvalue weighted by molar-refractivity contribution is 5.14. The Morgan fingerprint density at radius 1 is 0.833 bits per heavy atom. The molecule has 0 unspecified atom stereocenters. The third kappa shape index (κ3) is 6.18. The van der Waals surface area contributed by atoms with Gasteiger partial charge in [-0.2, -0.15) is 0 Å². The van der Waals surface area contributed by atoms with E-state index in [4.69, 9.17) is 5.73 Å². The zero-order valence-corrected chi connectivity index (χ0v) is 11.0. The molecule has 2 nitrogen and oxygen atoms in total. The van der Waals surface area contributed by atoms with Crippen LogP contribution in [0.2, 0.25) is 0 Å². The fourth-order valence-corrected chi connectivity index (χ4v) is 1.48. The van der Waals surface area contributed by atoms with Gasteiger partial charge in [0.15, 0.2) is 0 Å². The lowest BCUT2D eigenvalue weighted by Gasteiger charge is -1.99. The van der Waals surface area contributed by atoms with Gasteiger partial charge in [0.2, 0.25) is 0 Å². The smallest absolute Gasteiger partial charge is 0.0205 e. The minimum atomic E-state index is 0.640. The Balaban J connectivity index is 0.000000184. The quantitative estimate of drug-likeness (QED) is 0.865. The first kappa shape index (κ1) is 14.4. The fraction of sp³-hybridized carbons (Fsp3) is 0.250. The Kier molecular flexibility index (Phi) is 7.53. The Hall–Kier alpha value is -1.64.